The Hall–Kier alpha value is 0.488. The zero-order valence-corrected chi connectivity index (χ0v) is 17.6. The molecule has 7 heteroatoms. The SMILES string of the molecule is C=CCCCCCC[Si](O[SiH2]C)(O[SiH2]C)O[SiH2]C. The van der Waals surface area contributed by atoms with Crippen LogP contribution in [-0.4, -0.2) is 38.1 Å². The maximum absolute atomic E-state index is 6.02. The fourth-order valence-corrected chi connectivity index (χ4v) is 12.9. The van der Waals surface area contributed by atoms with Gasteiger partial charge >= 0.3 is 8.80 Å². The summed E-state index contributed by atoms with van der Waals surface area (Å²) in [6.45, 7) is 10.3. The Bertz CT molecular complexity index is 188. The summed E-state index contributed by atoms with van der Waals surface area (Å²) >= 11 is 0. The Balaban J connectivity index is 4.00. The molecule has 0 aromatic heterocycles. The van der Waals surface area contributed by atoms with Gasteiger partial charge in [0.05, 0.1) is 0 Å². The molecule has 0 fully saturated rings. The quantitative estimate of drug-likeness (QED) is 0.292. The molecule has 18 heavy (non-hydrogen) atoms. The molecule has 0 saturated carbocycles. The summed E-state index contributed by atoms with van der Waals surface area (Å²) in [5.74, 6) is 0. The first-order valence-electron chi connectivity index (χ1n) is 7.27. The summed E-state index contributed by atoms with van der Waals surface area (Å²) in [7, 11) is -3.51. The average molecular weight is 323 g/mol. The fourth-order valence-electron chi connectivity index (χ4n) is 1.98. The van der Waals surface area contributed by atoms with E-state index >= 15 is 0 Å². The summed E-state index contributed by atoms with van der Waals surface area (Å²) in [6.07, 6.45) is 8.14. The Morgan fingerprint density at radius 1 is 0.889 bits per heavy atom. The molecular weight excluding hydrogens is 292 g/mol. The maximum Gasteiger partial charge on any atom is 0.468 e. The second-order valence-electron chi connectivity index (χ2n) is 4.22. The highest BCUT2D eigenvalue weighted by molar-refractivity contribution is 6.73. The minimum absolute atomic E-state index is 0.435. The van der Waals surface area contributed by atoms with Gasteiger partial charge in [0.15, 0.2) is 0 Å². The van der Waals surface area contributed by atoms with Crippen molar-refractivity contribution in [3.8, 4) is 0 Å². The van der Waals surface area contributed by atoms with Crippen LogP contribution in [0.3, 0.4) is 0 Å². The third-order valence-corrected chi connectivity index (χ3v) is 12.4. The van der Waals surface area contributed by atoms with Crippen molar-refractivity contribution in [3.05, 3.63) is 12.7 Å². The molecule has 0 aliphatic rings. The standard InChI is InChI=1S/C11H30O3Si4/c1-5-6-7-8-9-10-11-18(12-15-2,13-16-3)14-17-4/h5H,1,6-11,15-17H2,2-4H3. The summed E-state index contributed by atoms with van der Waals surface area (Å²) < 4.78 is 18.1. The van der Waals surface area contributed by atoms with Gasteiger partial charge in [0.25, 0.3) is 0 Å². The lowest BCUT2D eigenvalue weighted by Gasteiger charge is -2.30. The lowest BCUT2D eigenvalue weighted by atomic mass is 10.1. The Morgan fingerprint density at radius 3 is 1.83 bits per heavy atom. The highest BCUT2D eigenvalue weighted by Gasteiger charge is 2.37. The molecule has 0 N–H and O–H groups in total. The van der Waals surface area contributed by atoms with Crippen molar-refractivity contribution in [1.29, 1.82) is 0 Å². The lowest BCUT2D eigenvalue weighted by molar-refractivity contribution is 0.279. The van der Waals surface area contributed by atoms with Gasteiger partial charge in [0, 0.05) is 6.04 Å². The van der Waals surface area contributed by atoms with Crippen molar-refractivity contribution in [2.24, 2.45) is 0 Å². The Labute approximate surface area is 121 Å². The van der Waals surface area contributed by atoms with Gasteiger partial charge in [-0.05, 0) is 19.3 Å². The molecule has 0 amide bonds. The summed E-state index contributed by atoms with van der Waals surface area (Å²) in [5.41, 5.74) is 0. The van der Waals surface area contributed by atoms with Crippen molar-refractivity contribution in [1.82, 2.24) is 0 Å². The zero-order valence-electron chi connectivity index (χ0n) is 12.4. The van der Waals surface area contributed by atoms with Gasteiger partial charge in [0.2, 0.25) is 0 Å². The zero-order chi connectivity index (χ0) is 13.7. The van der Waals surface area contributed by atoms with Gasteiger partial charge in [-0.3, -0.25) is 0 Å². The normalized spacial score (nSPS) is 16.4. The van der Waals surface area contributed by atoms with Crippen molar-refractivity contribution in [2.45, 2.75) is 57.8 Å². The largest absolute Gasteiger partial charge is 0.468 e. The number of hydrogen-bond donors (Lipinski definition) is 0. The van der Waals surface area contributed by atoms with Crippen LogP contribution in [0.25, 0.3) is 0 Å². The number of unbranched alkanes of at least 4 members (excludes halogenated alkanes) is 4. The summed E-state index contributed by atoms with van der Waals surface area (Å²) in [5, 5.41) is 0. The molecule has 0 spiro atoms. The minimum Gasteiger partial charge on any atom is -0.423 e. The molecule has 0 unspecified atom stereocenters. The number of hydrogen-bond acceptors (Lipinski definition) is 3. The molecule has 0 bridgehead atoms. The van der Waals surface area contributed by atoms with Crippen LogP contribution < -0.4 is 0 Å². The van der Waals surface area contributed by atoms with Crippen LogP contribution >= 0.6 is 0 Å². The van der Waals surface area contributed by atoms with Crippen LogP contribution in [-0.2, 0) is 12.3 Å². The van der Waals surface area contributed by atoms with Gasteiger partial charge in [-0.2, -0.15) is 0 Å². The van der Waals surface area contributed by atoms with E-state index in [-0.39, 0.29) is 0 Å². The van der Waals surface area contributed by atoms with Gasteiger partial charge in [-0.1, -0.05) is 38.6 Å². The van der Waals surface area contributed by atoms with Gasteiger partial charge in [0.1, 0.15) is 29.3 Å². The van der Waals surface area contributed by atoms with Crippen molar-refractivity contribution < 1.29 is 12.3 Å². The third-order valence-electron chi connectivity index (χ3n) is 2.73. The first-order chi connectivity index (χ1) is 8.74. The molecule has 0 aliphatic carbocycles. The Morgan fingerprint density at radius 2 is 1.39 bits per heavy atom. The molecule has 0 rings (SSSR count). The smallest absolute Gasteiger partial charge is 0.423 e. The van der Waals surface area contributed by atoms with E-state index in [9.17, 15) is 0 Å². The van der Waals surface area contributed by atoms with Crippen LogP contribution in [0.1, 0.15) is 32.1 Å². The molecule has 0 atom stereocenters. The third kappa shape index (κ3) is 8.57. The number of rotatable bonds is 13. The van der Waals surface area contributed by atoms with Crippen LogP contribution in [0.2, 0.25) is 25.7 Å². The molecule has 0 aliphatic heterocycles. The first-order valence-corrected chi connectivity index (χ1v) is 15.2. The van der Waals surface area contributed by atoms with Gasteiger partial charge in [-0.25, -0.2) is 0 Å². The highest BCUT2D eigenvalue weighted by atomic mass is 28.5. The predicted molar refractivity (Wildman–Crippen MR) is 90.3 cm³/mol. The van der Waals surface area contributed by atoms with E-state index in [0.29, 0.717) is 0 Å². The molecule has 3 nitrogen and oxygen atoms in total. The molecule has 0 aromatic rings. The van der Waals surface area contributed by atoms with Crippen LogP contribution in [0.5, 0.6) is 0 Å². The molecule has 108 valence electrons. The van der Waals surface area contributed by atoms with E-state index in [2.05, 4.69) is 26.2 Å². The van der Waals surface area contributed by atoms with Crippen LogP contribution in [0.15, 0.2) is 12.7 Å². The molecule has 0 saturated heterocycles. The second-order valence-corrected chi connectivity index (χ2v) is 11.3. The number of allylic oxidation sites excluding steroid dienone is 1. The predicted octanol–water partition coefficient (Wildman–Crippen LogP) is 1.51. The summed E-state index contributed by atoms with van der Waals surface area (Å²) in [6, 6.07) is 1.05. The lowest BCUT2D eigenvalue weighted by Crippen LogP contribution is -2.47. The molecular formula is C11H30O3Si4. The summed E-state index contributed by atoms with van der Waals surface area (Å²) in [4.78, 5) is 0. The molecule has 0 heterocycles. The van der Waals surface area contributed by atoms with E-state index in [1.807, 2.05) is 6.08 Å². The van der Waals surface area contributed by atoms with Crippen LogP contribution in [0, 0.1) is 0 Å². The van der Waals surface area contributed by atoms with Crippen molar-refractivity contribution in [2.75, 3.05) is 0 Å². The van der Waals surface area contributed by atoms with E-state index in [1.54, 1.807) is 0 Å². The topological polar surface area (TPSA) is 27.7 Å². The average Bonchev–Trinajstić information content (AvgIpc) is 2.35. The minimum atomic E-state index is -2.20. The highest BCUT2D eigenvalue weighted by Crippen LogP contribution is 2.19. The maximum atomic E-state index is 6.02. The molecule has 0 radical (unpaired) electrons. The van der Waals surface area contributed by atoms with Crippen molar-refractivity contribution in [3.63, 3.8) is 0 Å². The van der Waals surface area contributed by atoms with Crippen molar-refractivity contribution >= 4 is 38.1 Å². The van der Waals surface area contributed by atoms with E-state index in [1.165, 1.54) is 25.7 Å². The monoisotopic (exact) mass is 322 g/mol. The van der Waals surface area contributed by atoms with E-state index < -0.39 is 38.1 Å². The Kier molecular flexibility index (Phi) is 12.9. The van der Waals surface area contributed by atoms with E-state index in [4.69, 9.17) is 12.3 Å². The van der Waals surface area contributed by atoms with Gasteiger partial charge in [-0.15, -0.1) is 6.58 Å². The second kappa shape index (κ2) is 12.5. The molecule has 0 aromatic carbocycles. The fraction of sp³-hybridized carbons (Fsp3) is 0.818. The van der Waals surface area contributed by atoms with E-state index in [0.717, 1.165) is 12.5 Å². The van der Waals surface area contributed by atoms with Gasteiger partial charge < -0.3 is 12.3 Å². The first kappa shape index (κ1) is 18.5. The van der Waals surface area contributed by atoms with Crippen LogP contribution in [0.4, 0.5) is 0 Å².